The molecule has 1 fully saturated rings. The van der Waals surface area contributed by atoms with E-state index in [9.17, 15) is 14.4 Å². The number of hydrogen-bond donors (Lipinski definition) is 2. The first-order chi connectivity index (χ1) is 9.56. The van der Waals surface area contributed by atoms with Gasteiger partial charge in [0.1, 0.15) is 5.60 Å². The van der Waals surface area contributed by atoms with Crippen molar-refractivity contribution in [3.63, 3.8) is 0 Å². The average Bonchev–Trinajstić information content (AvgIpc) is 2.68. The molecular formula is C13H23N3O5. The third-order valence-corrected chi connectivity index (χ3v) is 3.20. The van der Waals surface area contributed by atoms with Crippen LogP contribution >= 0.6 is 0 Å². The monoisotopic (exact) mass is 301 g/mol. The molecular weight excluding hydrogens is 278 g/mol. The van der Waals surface area contributed by atoms with E-state index in [1.54, 1.807) is 27.7 Å². The van der Waals surface area contributed by atoms with Gasteiger partial charge in [0.15, 0.2) is 0 Å². The number of ether oxygens (including phenoxy) is 1. The van der Waals surface area contributed by atoms with Crippen LogP contribution in [0.1, 0.15) is 34.1 Å². The molecule has 1 rings (SSSR count). The average molecular weight is 301 g/mol. The van der Waals surface area contributed by atoms with E-state index >= 15 is 0 Å². The van der Waals surface area contributed by atoms with Gasteiger partial charge >= 0.3 is 12.2 Å². The van der Waals surface area contributed by atoms with Gasteiger partial charge < -0.3 is 20.5 Å². The van der Waals surface area contributed by atoms with E-state index in [4.69, 9.17) is 15.6 Å². The minimum Gasteiger partial charge on any atom is -0.465 e. The molecule has 1 heterocycles. The summed E-state index contributed by atoms with van der Waals surface area (Å²) >= 11 is 0. The molecule has 0 aromatic heterocycles. The Hall–Kier alpha value is -1.83. The summed E-state index contributed by atoms with van der Waals surface area (Å²) in [6, 6.07) is -0.829. The molecule has 3 N–H and O–H groups in total. The van der Waals surface area contributed by atoms with Crippen molar-refractivity contribution in [3.05, 3.63) is 0 Å². The van der Waals surface area contributed by atoms with Gasteiger partial charge in [-0.2, -0.15) is 0 Å². The summed E-state index contributed by atoms with van der Waals surface area (Å²) < 4.78 is 5.21. The molecule has 0 spiro atoms. The van der Waals surface area contributed by atoms with Crippen LogP contribution in [0.25, 0.3) is 0 Å². The second kappa shape index (κ2) is 6.30. The fraction of sp³-hybridized carbons (Fsp3) is 0.769. The Morgan fingerprint density at radius 2 is 1.95 bits per heavy atom. The van der Waals surface area contributed by atoms with Crippen molar-refractivity contribution in [1.29, 1.82) is 0 Å². The third-order valence-electron chi connectivity index (χ3n) is 3.20. The van der Waals surface area contributed by atoms with Gasteiger partial charge in [-0.1, -0.05) is 0 Å². The van der Waals surface area contributed by atoms with Crippen LogP contribution in [0.5, 0.6) is 0 Å². The van der Waals surface area contributed by atoms with Gasteiger partial charge in [-0.05, 0) is 34.1 Å². The van der Waals surface area contributed by atoms with Crippen LogP contribution in [-0.2, 0) is 9.53 Å². The number of likely N-dealkylation sites (tertiary alicyclic amines) is 1. The van der Waals surface area contributed by atoms with Crippen molar-refractivity contribution < 1.29 is 24.2 Å². The maximum Gasteiger partial charge on any atom is 0.417 e. The van der Waals surface area contributed by atoms with Gasteiger partial charge in [0.2, 0.25) is 5.91 Å². The summed E-state index contributed by atoms with van der Waals surface area (Å²) in [5.74, 6) is -0.575. The van der Waals surface area contributed by atoms with Crippen molar-refractivity contribution in [2.75, 3.05) is 13.1 Å². The summed E-state index contributed by atoms with van der Waals surface area (Å²) in [6.45, 7) is 6.54. The van der Waals surface area contributed by atoms with Crippen molar-refractivity contribution in [3.8, 4) is 0 Å². The van der Waals surface area contributed by atoms with E-state index in [1.165, 1.54) is 4.90 Å². The molecule has 1 saturated heterocycles. The molecule has 0 aromatic carbocycles. The van der Waals surface area contributed by atoms with E-state index < -0.39 is 29.7 Å². The minimum atomic E-state index is -1.07. The highest BCUT2D eigenvalue weighted by molar-refractivity contribution is 5.93. The van der Waals surface area contributed by atoms with Crippen molar-refractivity contribution >= 4 is 18.1 Å². The van der Waals surface area contributed by atoms with Gasteiger partial charge in [0.25, 0.3) is 0 Å². The summed E-state index contributed by atoms with van der Waals surface area (Å²) in [7, 11) is 0. The summed E-state index contributed by atoms with van der Waals surface area (Å²) in [5, 5.41) is 9.09. The largest absolute Gasteiger partial charge is 0.465 e. The highest BCUT2D eigenvalue weighted by Crippen LogP contribution is 2.24. The van der Waals surface area contributed by atoms with E-state index in [1.807, 2.05) is 0 Å². The lowest BCUT2D eigenvalue weighted by molar-refractivity contribution is -0.130. The molecule has 0 bridgehead atoms. The zero-order valence-corrected chi connectivity index (χ0v) is 12.8. The standard InChI is InChI=1S/C13H23N3O5/c1-8-5-9(7-15(8)11(18)19)16(10(17)6-14)12(20)21-13(2,3)4/h8-9H,5-7,14H2,1-4H3,(H,18,19)/t8-,9-/m1/s1. The normalized spacial score (nSPS) is 22.0. The van der Waals surface area contributed by atoms with E-state index in [0.29, 0.717) is 6.42 Å². The van der Waals surface area contributed by atoms with Gasteiger partial charge in [0, 0.05) is 12.6 Å². The second-order valence-electron chi connectivity index (χ2n) is 6.12. The maximum absolute atomic E-state index is 12.2. The van der Waals surface area contributed by atoms with Crippen LogP contribution < -0.4 is 5.73 Å². The summed E-state index contributed by atoms with van der Waals surface area (Å²) in [5.41, 5.74) is 4.59. The van der Waals surface area contributed by atoms with E-state index in [0.717, 1.165) is 4.90 Å². The first-order valence-corrected chi connectivity index (χ1v) is 6.81. The number of carboxylic acid groups (broad SMARTS) is 1. The molecule has 0 radical (unpaired) electrons. The Kier molecular flexibility index (Phi) is 5.16. The SMILES string of the molecule is C[C@@H]1C[C@@H](N(C(=O)CN)C(=O)OC(C)(C)C)CN1C(=O)O. The summed E-state index contributed by atoms with van der Waals surface area (Å²) in [4.78, 5) is 37.4. The van der Waals surface area contributed by atoms with Crippen molar-refractivity contribution in [1.82, 2.24) is 9.80 Å². The zero-order valence-electron chi connectivity index (χ0n) is 12.8. The zero-order chi connectivity index (χ0) is 16.4. The Balaban J connectivity index is 2.92. The van der Waals surface area contributed by atoms with E-state index in [-0.39, 0.29) is 19.1 Å². The Bertz CT molecular complexity index is 432. The highest BCUT2D eigenvalue weighted by Gasteiger charge is 2.41. The number of carbonyl (C=O) groups is 3. The first-order valence-electron chi connectivity index (χ1n) is 6.81. The maximum atomic E-state index is 12.2. The molecule has 8 heteroatoms. The second-order valence-corrected chi connectivity index (χ2v) is 6.12. The molecule has 21 heavy (non-hydrogen) atoms. The van der Waals surface area contributed by atoms with Gasteiger partial charge in [-0.25, -0.2) is 14.5 Å². The number of rotatable bonds is 2. The number of carbonyl (C=O) groups excluding carboxylic acids is 2. The molecule has 120 valence electrons. The smallest absolute Gasteiger partial charge is 0.417 e. The Morgan fingerprint density at radius 1 is 1.38 bits per heavy atom. The van der Waals surface area contributed by atoms with Gasteiger partial charge in [-0.3, -0.25) is 4.79 Å². The molecule has 0 aliphatic carbocycles. The van der Waals surface area contributed by atoms with Crippen LogP contribution in [0.15, 0.2) is 0 Å². The van der Waals surface area contributed by atoms with Crippen molar-refractivity contribution in [2.24, 2.45) is 5.73 Å². The summed E-state index contributed by atoms with van der Waals surface area (Å²) in [6.07, 6.45) is -1.49. The lowest BCUT2D eigenvalue weighted by Gasteiger charge is -2.29. The predicted octanol–water partition coefficient (Wildman–Crippen LogP) is 0.850. The number of hydrogen-bond acceptors (Lipinski definition) is 5. The van der Waals surface area contributed by atoms with E-state index in [2.05, 4.69) is 0 Å². The molecule has 0 aromatic rings. The first kappa shape index (κ1) is 17.2. The highest BCUT2D eigenvalue weighted by atomic mass is 16.6. The molecule has 0 unspecified atom stereocenters. The molecule has 1 aliphatic rings. The van der Waals surface area contributed by atoms with Crippen LogP contribution in [0, 0.1) is 0 Å². The van der Waals surface area contributed by atoms with Crippen molar-refractivity contribution in [2.45, 2.75) is 51.8 Å². The minimum absolute atomic E-state index is 0.0709. The lowest BCUT2D eigenvalue weighted by atomic mass is 10.1. The molecule has 8 nitrogen and oxygen atoms in total. The number of amides is 3. The van der Waals surface area contributed by atoms with Crippen LogP contribution in [0.4, 0.5) is 9.59 Å². The third kappa shape index (κ3) is 4.32. The Labute approximate surface area is 123 Å². The van der Waals surface area contributed by atoms with Gasteiger partial charge in [0.05, 0.1) is 12.6 Å². The molecule has 2 atom stereocenters. The fourth-order valence-electron chi connectivity index (χ4n) is 2.32. The number of nitrogens with zero attached hydrogens (tertiary/aromatic N) is 2. The van der Waals surface area contributed by atoms with Crippen LogP contribution in [0.3, 0.4) is 0 Å². The number of nitrogens with two attached hydrogens (primary N) is 1. The molecule has 3 amide bonds. The van der Waals surface area contributed by atoms with Gasteiger partial charge in [-0.15, -0.1) is 0 Å². The fourth-order valence-corrected chi connectivity index (χ4v) is 2.32. The molecule has 0 saturated carbocycles. The molecule has 1 aliphatic heterocycles. The van der Waals surface area contributed by atoms with Crippen LogP contribution in [0.2, 0.25) is 0 Å². The topological polar surface area (TPSA) is 113 Å². The predicted molar refractivity (Wildman–Crippen MR) is 74.7 cm³/mol. The number of imide groups is 1. The lowest BCUT2D eigenvalue weighted by Crippen LogP contribution is -2.50. The Morgan fingerprint density at radius 3 is 2.33 bits per heavy atom. The quantitative estimate of drug-likeness (QED) is 0.781. The van der Waals surface area contributed by atoms with Crippen LogP contribution in [-0.4, -0.2) is 63.8 Å².